The van der Waals surface area contributed by atoms with Crippen molar-refractivity contribution >= 4 is 5.97 Å². The molecule has 0 radical (unpaired) electrons. The molecular weight excluding hydrogens is 308 g/mol. The summed E-state index contributed by atoms with van der Waals surface area (Å²) in [4.78, 5) is 19.7. The molecule has 3 rings (SSSR count). The fourth-order valence-corrected chi connectivity index (χ4v) is 2.38. The van der Waals surface area contributed by atoms with Crippen molar-refractivity contribution in [2.45, 2.75) is 20.5 Å². The summed E-state index contributed by atoms with van der Waals surface area (Å²) in [6.07, 6.45) is 3.09. The molecule has 0 spiro atoms. The lowest BCUT2D eigenvalue weighted by molar-refractivity contribution is 0.0695. The number of ether oxygens (including phenoxy) is 1. The lowest BCUT2D eigenvalue weighted by Crippen LogP contribution is -2.06. The summed E-state index contributed by atoms with van der Waals surface area (Å²) in [6, 6.07) is 9.78. The van der Waals surface area contributed by atoms with Crippen molar-refractivity contribution in [3.8, 4) is 11.7 Å². The van der Waals surface area contributed by atoms with Crippen LogP contribution in [0.3, 0.4) is 0 Å². The first kappa shape index (κ1) is 15.7. The van der Waals surface area contributed by atoms with Crippen LogP contribution in [0.5, 0.6) is 5.75 Å². The van der Waals surface area contributed by atoms with Gasteiger partial charge in [-0.25, -0.2) is 19.4 Å². The second-order valence-electron chi connectivity index (χ2n) is 5.26. The molecule has 0 saturated heterocycles. The van der Waals surface area contributed by atoms with Crippen molar-refractivity contribution in [1.29, 1.82) is 0 Å². The van der Waals surface area contributed by atoms with Crippen LogP contribution in [0.4, 0.5) is 0 Å². The van der Waals surface area contributed by atoms with Gasteiger partial charge in [-0.3, -0.25) is 0 Å². The number of hydrogen-bond donors (Lipinski definition) is 1. The minimum Gasteiger partial charge on any atom is -0.486 e. The maximum atomic E-state index is 11.2. The average Bonchev–Trinajstić information content (AvgIpc) is 2.89. The van der Waals surface area contributed by atoms with Gasteiger partial charge in [0.2, 0.25) is 0 Å². The first-order chi connectivity index (χ1) is 11.6. The van der Waals surface area contributed by atoms with Crippen molar-refractivity contribution in [1.82, 2.24) is 19.7 Å². The molecule has 0 amide bonds. The van der Waals surface area contributed by atoms with E-state index in [9.17, 15) is 9.90 Å². The molecule has 7 heteroatoms. The molecule has 1 N–H and O–H groups in total. The number of carboxylic acids is 1. The molecule has 0 aliphatic rings. The second kappa shape index (κ2) is 6.49. The number of aryl methyl sites for hydroxylation is 1. The summed E-state index contributed by atoms with van der Waals surface area (Å²) in [5, 5.41) is 13.4. The number of nitrogens with zero attached hydrogens (tertiary/aromatic N) is 4. The first-order valence-electron chi connectivity index (χ1n) is 7.35. The van der Waals surface area contributed by atoms with Crippen LogP contribution in [0.25, 0.3) is 5.95 Å². The fraction of sp³-hybridized carbons (Fsp3) is 0.176. The number of carboxylic acid groups (broad SMARTS) is 1. The number of carbonyl (C=O) groups is 1. The van der Waals surface area contributed by atoms with Gasteiger partial charge in [-0.15, -0.1) is 0 Å². The molecule has 24 heavy (non-hydrogen) atoms. The summed E-state index contributed by atoms with van der Waals surface area (Å²) in [7, 11) is 0. The van der Waals surface area contributed by atoms with Gasteiger partial charge in [-0.1, -0.05) is 30.3 Å². The number of hydrogen-bond acceptors (Lipinski definition) is 5. The van der Waals surface area contributed by atoms with E-state index >= 15 is 0 Å². The summed E-state index contributed by atoms with van der Waals surface area (Å²) in [6.45, 7) is 3.74. The average molecular weight is 324 g/mol. The van der Waals surface area contributed by atoms with Crippen LogP contribution in [-0.2, 0) is 6.61 Å². The largest absolute Gasteiger partial charge is 0.486 e. The molecular formula is C17H16N4O3. The topological polar surface area (TPSA) is 90.1 Å². The number of aromatic nitrogens is 4. The zero-order valence-electron chi connectivity index (χ0n) is 13.3. The van der Waals surface area contributed by atoms with E-state index in [0.717, 1.165) is 5.56 Å². The standard InChI is InChI=1S/C17H16N4O3/c1-11-15(16(22)23)12(2)21(20-11)17-18-8-14(9-19-17)24-10-13-6-4-3-5-7-13/h3-9H,10H2,1-2H3,(H,22,23). The predicted molar refractivity (Wildman–Crippen MR) is 86.4 cm³/mol. The van der Waals surface area contributed by atoms with Crippen LogP contribution < -0.4 is 4.74 Å². The van der Waals surface area contributed by atoms with Gasteiger partial charge in [-0.05, 0) is 19.4 Å². The van der Waals surface area contributed by atoms with E-state index < -0.39 is 5.97 Å². The Balaban J connectivity index is 1.78. The van der Waals surface area contributed by atoms with Gasteiger partial charge in [0, 0.05) is 0 Å². The van der Waals surface area contributed by atoms with Crippen molar-refractivity contribution in [2.75, 3.05) is 0 Å². The molecule has 0 atom stereocenters. The van der Waals surface area contributed by atoms with E-state index in [4.69, 9.17) is 4.74 Å². The molecule has 0 bridgehead atoms. The lowest BCUT2D eigenvalue weighted by atomic mass is 10.2. The minimum absolute atomic E-state index is 0.169. The van der Waals surface area contributed by atoms with E-state index in [2.05, 4.69) is 15.1 Å². The molecule has 1 aromatic carbocycles. The molecule has 2 aromatic heterocycles. The third kappa shape index (κ3) is 3.10. The van der Waals surface area contributed by atoms with Crippen molar-refractivity contribution in [2.24, 2.45) is 0 Å². The Morgan fingerprint density at radius 1 is 1.17 bits per heavy atom. The van der Waals surface area contributed by atoms with Gasteiger partial charge in [-0.2, -0.15) is 5.10 Å². The van der Waals surface area contributed by atoms with Crippen LogP contribution in [0.15, 0.2) is 42.7 Å². The zero-order valence-corrected chi connectivity index (χ0v) is 13.3. The van der Waals surface area contributed by atoms with Crippen LogP contribution in [0.1, 0.15) is 27.3 Å². The van der Waals surface area contributed by atoms with Crippen molar-refractivity contribution in [3.63, 3.8) is 0 Å². The zero-order chi connectivity index (χ0) is 17.1. The van der Waals surface area contributed by atoms with Crippen LogP contribution in [0, 0.1) is 13.8 Å². The number of benzene rings is 1. The molecule has 0 aliphatic carbocycles. The number of rotatable bonds is 5. The van der Waals surface area contributed by atoms with Gasteiger partial charge >= 0.3 is 5.97 Å². The smallest absolute Gasteiger partial charge is 0.339 e. The highest BCUT2D eigenvalue weighted by molar-refractivity contribution is 5.90. The minimum atomic E-state index is -1.01. The molecule has 122 valence electrons. The fourth-order valence-electron chi connectivity index (χ4n) is 2.38. The lowest BCUT2D eigenvalue weighted by Gasteiger charge is -2.07. The van der Waals surface area contributed by atoms with Gasteiger partial charge < -0.3 is 9.84 Å². The van der Waals surface area contributed by atoms with Gasteiger partial charge in [0.05, 0.1) is 23.8 Å². The Morgan fingerprint density at radius 3 is 2.42 bits per heavy atom. The highest BCUT2D eigenvalue weighted by Crippen LogP contribution is 2.17. The quantitative estimate of drug-likeness (QED) is 0.775. The Kier molecular flexibility index (Phi) is 4.24. The summed E-state index contributed by atoms with van der Waals surface area (Å²) in [5.74, 6) is -0.184. The molecule has 7 nitrogen and oxygen atoms in total. The molecule has 0 aliphatic heterocycles. The first-order valence-corrected chi connectivity index (χ1v) is 7.35. The van der Waals surface area contributed by atoms with Crippen LogP contribution in [-0.4, -0.2) is 30.8 Å². The highest BCUT2D eigenvalue weighted by atomic mass is 16.5. The van der Waals surface area contributed by atoms with E-state index in [0.29, 0.717) is 29.7 Å². The van der Waals surface area contributed by atoms with E-state index in [1.165, 1.54) is 4.68 Å². The SMILES string of the molecule is Cc1nn(-c2ncc(OCc3ccccc3)cn2)c(C)c1C(=O)O. The summed E-state index contributed by atoms with van der Waals surface area (Å²) in [5.41, 5.74) is 2.13. The molecule has 2 heterocycles. The summed E-state index contributed by atoms with van der Waals surface area (Å²) >= 11 is 0. The highest BCUT2D eigenvalue weighted by Gasteiger charge is 2.19. The third-order valence-electron chi connectivity index (χ3n) is 3.56. The van der Waals surface area contributed by atoms with Gasteiger partial charge in [0.1, 0.15) is 12.2 Å². The second-order valence-corrected chi connectivity index (χ2v) is 5.26. The van der Waals surface area contributed by atoms with E-state index in [1.54, 1.807) is 26.2 Å². The maximum Gasteiger partial charge on any atom is 0.339 e. The normalized spacial score (nSPS) is 10.6. The van der Waals surface area contributed by atoms with Gasteiger partial charge in [0.25, 0.3) is 5.95 Å². The monoisotopic (exact) mass is 324 g/mol. The van der Waals surface area contributed by atoms with Crippen LogP contribution in [0.2, 0.25) is 0 Å². The maximum absolute atomic E-state index is 11.2. The molecule has 0 fully saturated rings. The van der Waals surface area contributed by atoms with E-state index in [1.807, 2.05) is 30.3 Å². The Labute approximate surface area is 138 Å². The van der Waals surface area contributed by atoms with Crippen molar-refractivity contribution in [3.05, 3.63) is 65.2 Å². The molecule has 0 saturated carbocycles. The van der Waals surface area contributed by atoms with E-state index in [-0.39, 0.29) is 5.56 Å². The number of aromatic carboxylic acids is 1. The predicted octanol–water partition coefficient (Wildman–Crippen LogP) is 2.56. The Hall–Kier alpha value is -3.22. The Morgan fingerprint density at radius 2 is 1.83 bits per heavy atom. The third-order valence-corrected chi connectivity index (χ3v) is 3.56. The molecule has 0 unspecified atom stereocenters. The Bertz CT molecular complexity index is 858. The van der Waals surface area contributed by atoms with Crippen molar-refractivity contribution < 1.29 is 14.6 Å². The van der Waals surface area contributed by atoms with Gasteiger partial charge in [0.15, 0.2) is 5.75 Å². The molecule has 3 aromatic rings. The summed E-state index contributed by atoms with van der Waals surface area (Å²) < 4.78 is 7.05. The van der Waals surface area contributed by atoms with Crippen LogP contribution >= 0.6 is 0 Å².